The molecule has 0 fully saturated rings. The largest absolute Gasteiger partial charge is 0.479 e. The van der Waals surface area contributed by atoms with Crippen molar-refractivity contribution >= 4 is 17.6 Å². The fourth-order valence-electron chi connectivity index (χ4n) is 2.16. The molecule has 1 amide bonds. The number of anilines is 1. The maximum atomic E-state index is 12.4. The van der Waals surface area contributed by atoms with Crippen molar-refractivity contribution in [1.29, 1.82) is 0 Å². The third-order valence-electron chi connectivity index (χ3n) is 3.64. The Hall–Kier alpha value is -2.63. The zero-order chi connectivity index (χ0) is 16.5. The highest BCUT2D eigenvalue weighted by Gasteiger charge is 2.30. The fourth-order valence-corrected chi connectivity index (χ4v) is 2.16. The Morgan fingerprint density at radius 2 is 1.82 bits per heavy atom. The molecule has 0 atom stereocenters. The highest BCUT2D eigenvalue weighted by atomic mass is 16.4. The van der Waals surface area contributed by atoms with Gasteiger partial charge in [0.25, 0.3) is 5.91 Å². The molecule has 0 aliphatic rings. The van der Waals surface area contributed by atoms with Gasteiger partial charge in [0.15, 0.2) is 5.54 Å². The minimum atomic E-state index is -1.18. The van der Waals surface area contributed by atoms with Crippen LogP contribution in [0.25, 0.3) is 0 Å². The van der Waals surface area contributed by atoms with Gasteiger partial charge in [-0.2, -0.15) is 5.10 Å². The van der Waals surface area contributed by atoms with E-state index in [0.717, 1.165) is 11.1 Å². The number of aryl methyl sites for hydroxylation is 2. The van der Waals surface area contributed by atoms with Crippen LogP contribution in [0.4, 0.5) is 5.69 Å². The highest BCUT2D eigenvalue weighted by molar-refractivity contribution is 6.06. The SMILES string of the molecule is Cc1cccc(C)c1C(=O)Nc1cnn(C(C)(C)C(=O)O)c1. The normalized spacial score (nSPS) is 11.3. The van der Waals surface area contributed by atoms with Gasteiger partial charge in [0, 0.05) is 11.8 Å². The Kier molecular flexibility index (Phi) is 4.03. The topological polar surface area (TPSA) is 84.2 Å². The van der Waals surface area contributed by atoms with Crippen LogP contribution in [0.3, 0.4) is 0 Å². The number of aliphatic carboxylic acids is 1. The van der Waals surface area contributed by atoms with E-state index >= 15 is 0 Å². The summed E-state index contributed by atoms with van der Waals surface area (Å²) in [5.41, 5.74) is 1.67. The lowest BCUT2D eigenvalue weighted by Crippen LogP contribution is -2.35. The highest BCUT2D eigenvalue weighted by Crippen LogP contribution is 2.19. The van der Waals surface area contributed by atoms with Crippen LogP contribution < -0.4 is 5.32 Å². The van der Waals surface area contributed by atoms with Crippen molar-refractivity contribution in [2.45, 2.75) is 33.2 Å². The Balaban J connectivity index is 2.24. The summed E-state index contributed by atoms with van der Waals surface area (Å²) >= 11 is 0. The van der Waals surface area contributed by atoms with Crippen molar-refractivity contribution in [3.05, 3.63) is 47.3 Å². The maximum absolute atomic E-state index is 12.4. The zero-order valence-electron chi connectivity index (χ0n) is 13.0. The number of nitrogens with zero attached hydrogens (tertiary/aromatic N) is 2. The predicted molar refractivity (Wildman–Crippen MR) is 83.1 cm³/mol. The molecule has 0 saturated heterocycles. The molecule has 1 aromatic carbocycles. The molecular weight excluding hydrogens is 282 g/mol. The molecule has 0 spiro atoms. The van der Waals surface area contributed by atoms with E-state index in [1.54, 1.807) is 13.8 Å². The van der Waals surface area contributed by atoms with E-state index in [9.17, 15) is 14.7 Å². The average molecular weight is 301 g/mol. The lowest BCUT2D eigenvalue weighted by Gasteiger charge is -2.19. The Morgan fingerprint density at radius 3 is 2.36 bits per heavy atom. The first-order valence-corrected chi connectivity index (χ1v) is 6.89. The maximum Gasteiger partial charge on any atom is 0.331 e. The van der Waals surface area contributed by atoms with E-state index in [1.165, 1.54) is 17.1 Å². The molecule has 6 heteroatoms. The lowest BCUT2D eigenvalue weighted by molar-refractivity contribution is -0.146. The standard InChI is InChI=1S/C16H19N3O3/c1-10-6-5-7-11(2)13(10)14(20)18-12-8-17-19(9-12)16(3,4)15(21)22/h5-9H,1-4H3,(H,18,20)(H,21,22). The van der Waals surface area contributed by atoms with Crippen molar-refractivity contribution in [3.63, 3.8) is 0 Å². The number of carbonyl (C=O) groups excluding carboxylic acids is 1. The molecule has 2 rings (SSSR count). The van der Waals surface area contributed by atoms with Gasteiger partial charge in [0.1, 0.15) is 0 Å². The monoisotopic (exact) mass is 301 g/mol. The number of nitrogens with one attached hydrogen (secondary N) is 1. The summed E-state index contributed by atoms with van der Waals surface area (Å²) in [5.74, 6) is -1.23. The molecule has 0 aliphatic carbocycles. The number of hydrogen-bond acceptors (Lipinski definition) is 3. The van der Waals surface area contributed by atoms with Crippen LogP contribution >= 0.6 is 0 Å². The van der Waals surface area contributed by atoms with Crippen LogP contribution in [0.1, 0.15) is 35.3 Å². The number of rotatable bonds is 4. The van der Waals surface area contributed by atoms with Gasteiger partial charge in [-0.05, 0) is 38.8 Å². The first kappa shape index (κ1) is 15.8. The van der Waals surface area contributed by atoms with Crippen molar-refractivity contribution < 1.29 is 14.7 Å². The molecule has 2 aromatic rings. The number of hydrogen-bond donors (Lipinski definition) is 2. The number of carbonyl (C=O) groups is 2. The van der Waals surface area contributed by atoms with Gasteiger partial charge in [-0.1, -0.05) is 18.2 Å². The van der Waals surface area contributed by atoms with Gasteiger partial charge in [-0.3, -0.25) is 9.48 Å². The van der Waals surface area contributed by atoms with Crippen LogP contribution in [0.5, 0.6) is 0 Å². The molecule has 0 radical (unpaired) electrons. The first-order valence-electron chi connectivity index (χ1n) is 6.89. The van der Waals surface area contributed by atoms with E-state index in [-0.39, 0.29) is 5.91 Å². The van der Waals surface area contributed by atoms with Crippen molar-refractivity contribution in [2.75, 3.05) is 5.32 Å². The quantitative estimate of drug-likeness (QED) is 0.909. The van der Waals surface area contributed by atoms with Crippen LogP contribution in [-0.4, -0.2) is 26.8 Å². The van der Waals surface area contributed by atoms with Gasteiger partial charge in [0.2, 0.25) is 0 Å². The fraction of sp³-hybridized carbons (Fsp3) is 0.312. The Morgan fingerprint density at radius 1 is 1.23 bits per heavy atom. The molecule has 0 bridgehead atoms. The molecular formula is C16H19N3O3. The van der Waals surface area contributed by atoms with Gasteiger partial charge in [-0.25, -0.2) is 4.79 Å². The third kappa shape index (κ3) is 2.86. The van der Waals surface area contributed by atoms with Gasteiger partial charge in [0.05, 0.1) is 11.9 Å². The molecule has 22 heavy (non-hydrogen) atoms. The van der Waals surface area contributed by atoms with Crippen molar-refractivity contribution in [1.82, 2.24) is 9.78 Å². The summed E-state index contributed by atoms with van der Waals surface area (Å²) in [7, 11) is 0. The summed E-state index contributed by atoms with van der Waals surface area (Å²) in [6.45, 7) is 6.83. The number of aromatic nitrogens is 2. The van der Waals surface area contributed by atoms with Crippen molar-refractivity contribution in [2.24, 2.45) is 0 Å². The number of benzene rings is 1. The minimum absolute atomic E-state index is 0.233. The zero-order valence-corrected chi connectivity index (χ0v) is 13.0. The number of amides is 1. The minimum Gasteiger partial charge on any atom is -0.479 e. The second-order valence-electron chi connectivity index (χ2n) is 5.76. The summed E-state index contributed by atoms with van der Waals surface area (Å²) in [6.07, 6.45) is 2.95. The molecule has 2 N–H and O–H groups in total. The molecule has 6 nitrogen and oxygen atoms in total. The van der Waals surface area contributed by atoms with Crippen LogP contribution in [0.2, 0.25) is 0 Å². The summed E-state index contributed by atoms with van der Waals surface area (Å²) in [6, 6.07) is 5.65. The van der Waals surface area contributed by atoms with Gasteiger partial charge >= 0.3 is 5.97 Å². The second-order valence-corrected chi connectivity index (χ2v) is 5.76. The Labute approximate surface area is 128 Å². The third-order valence-corrected chi connectivity index (χ3v) is 3.64. The second kappa shape index (κ2) is 5.63. The molecule has 1 aromatic heterocycles. The summed E-state index contributed by atoms with van der Waals surface area (Å²) < 4.78 is 1.32. The summed E-state index contributed by atoms with van der Waals surface area (Å²) in [5, 5.41) is 16.0. The van der Waals surface area contributed by atoms with E-state index in [1.807, 2.05) is 32.0 Å². The molecule has 0 unspecified atom stereocenters. The number of carboxylic acid groups (broad SMARTS) is 1. The summed E-state index contributed by atoms with van der Waals surface area (Å²) in [4.78, 5) is 23.6. The van der Waals surface area contributed by atoms with Crippen LogP contribution in [0, 0.1) is 13.8 Å². The van der Waals surface area contributed by atoms with Crippen molar-refractivity contribution in [3.8, 4) is 0 Å². The van der Waals surface area contributed by atoms with Crippen LogP contribution in [0.15, 0.2) is 30.6 Å². The van der Waals surface area contributed by atoms with E-state index in [2.05, 4.69) is 10.4 Å². The number of carboxylic acids is 1. The molecule has 116 valence electrons. The van der Waals surface area contributed by atoms with E-state index < -0.39 is 11.5 Å². The van der Waals surface area contributed by atoms with Crippen LogP contribution in [-0.2, 0) is 10.3 Å². The van der Waals surface area contributed by atoms with E-state index in [0.29, 0.717) is 11.3 Å². The van der Waals surface area contributed by atoms with E-state index in [4.69, 9.17) is 0 Å². The first-order chi connectivity index (χ1) is 10.2. The lowest BCUT2D eigenvalue weighted by atomic mass is 10.0. The average Bonchev–Trinajstić information content (AvgIpc) is 2.87. The molecule has 0 saturated carbocycles. The van der Waals surface area contributed by atoms with Gasteiger partial charge in [-0.15, -0.1) is 0 Å². The van der Waals surface area contributed by atoms with Gasteiger partial charge < -0.3 is 10.4 Å². The smallest absolute Gasteiger partial charge is 0.331 e. The molecule has 1 heterocycles. The predicted octanol–water partition coefficient (Wildman–Crippen LogP) is 2.57. The Bertz CT molecular complexity index is 712. The molecule has 0 aliphatic heterocycles.